The molecule has 0 heterocycles. The number of nitrogens with zero attached hydrogens (tertiary/aromatic N) is 1. The van der Waals surface area contributed by atoms with E-state index in [4.69, 9.17) is 10.00 Å². The van der Waals surface area contributed by atoms with Gasteiger partial charge in [-0.25, -0.2) is 0 Å². The van der Waals surface area contributed by atoms with E-state index in [9.17, 15) is 0 Å². The first kappa shape index (κ1) is 12.1. The third kappa shape index (κ3) is 3.04. The minimum Gasteiger partial charge on any atom is -0.500 e. The summed E-state index contributed by atoms with van der Waals surface area (Å²) in [6.07, 6.45) is 2.64. The molecule has 0 saturated carbocycles. The van der Waals surface area contributed by atoms with Crippen molar-refractivity contribution in [2.24, 2.45) is 5.92 Å². The molecular weight excluding hydrogens is 230 g/mol. The van der Waals surface area contributed by atoms with Crippen molar-refractivity contribution in [1.82, 2.24) is 0 Å². The molecule has 2 nitrogen and oxygen atoms in total. The van der Waals surface area contributed by atoms with Crippen LogP contribution in [0.5, 0.6) is 0 Å². The summed E-state index contributed by atoms with van der Waals surface area (Å²) in [6, 6.07) is 12.6. The minimum absolute atomic E-state index is 0.116. The van der Waals surface area contributed by atoms with E-state index in [-0.39, 0.29) is 5.92 Å². The molecule has 0 amide bonds. The van der Waals surface area contributed by atoms with Crippen LogP contribution >= 0.6 is 11.8 Å². The van der Waals surface area contributed by atoms with Gasteiger partial charge in [0.15, 0.2) is 0 Å². The second-order valence-electron chi connectivity index (χ2n) is 4.03. The maximum atomic E-state index is 8.95. The highest BCUT2D eigenvalue weighted by atomic mass is 32.2. The molecule has 0 aromatic heterocycles. The summed E-state index contributed by atoms with van der Waals surface area (Å²) in [6.45, 7) is 0. The standard InChI is InChI=1S/C14H15NOS/c1-16-13-9-11(10-15)7-8-14(13)17-12-5-3-2-4-6-12/h2-6,11H,7-9H2,1H3. The first-order valence-electron chi connectivity index (χ1n) is 5.72. The number of methoxy groups -OCH3 is 1. The monoisotopic (exact) mass is 245 g/mol. The molecule has 0 spiro atoms. The van der Waals surface area contributed by atoms with Crippen LogP contribution < -0.4 is 0 Å². The summed E-state index contributed by atoms with van der Waals surface area (Å²) in [7, 11) is 1.70. The van der Waals surface area contributed by atoms with Crippen LogP contribution in [0, 0.1) is 17.2 Å². The highest BCUT2D eigenvalue weighted by molar-refractivity contribution is 8.03. The van der Waals surface area contributed by atoms with Crippen molar-refractivity contribution in [1.29, 1.82) is 5.26 Å². The maximum Gasteiger partial charge on any atom is 0.107 e. The second kappa shape index (κ2) is 5.79. The molecule has 1 unspecified atom stereocenters. The van der Waals surface area contributed by atoms with Gasteiger partial charge in [-0.2, -0.15) is 5.26 Å². The van der Waals surface area contributed by atoms with E-state index in [2.05, 4.69) is 18.2 Å². The topological polar surface area (TPSA) is 33.0 Å². The molecule has 3 heteroatoms. The molecule has 0 radical (unpaired) electrons. The zero-order valence-electron chi connectivity index (χ0n) is 9.85. The van der Waals surface area contributed by atoms with Crippen LogP contribution in [0.25, 0.3) is 0 Å². The smallest absolute Gasteiger partial charge is 0.107 e. The van der Waals surface area contributed by atoms with E-state index in [1.807, 2.05) is 18.2 Å². The Bertz CT molecular complexity index is 447. The highest BCUT2D eigenvalue weighted by Crippen LogP contribution is 2.39. The number of nitriles is 1. The average Bonchev–Trinajstić information content (AvgIpc) is 2.40. The van der Waals surface area contributed by atoms with Crippen molar-refractivity contribution in [2.75, 3.05) is 7.11 Å². The maximum absolute atomic E-state index is 8.95. The minimum atomic E-state index is 0.116. The molecule has 2 rings (SSSR count). The van der Waals surface area contributed by atoms with Gasteiger partial charge in [-0.3, -0.25) is 0 Å². The Kier molecular flexibility index (Phi) is 4.11. The van der Waals surface area contributed by atoms with E-state index in [1.54, 1.807) is 18.9 Å². The molecule has 17 heavy (non-hydrogen) atoms. The third-order valence-corrected chi connectivity index (χ3v) is 4.06. The Balaban J connectivity index is 2.14. The SMILES string of the molecule is COC1=C(Sc2ccccc2)CCC(C#N)C1. The van der Waals surface area contributed by atoms with Gasteiger partial charge in [0.05, 0.1) is 19.1 Å². The van der Waals surface area contributed by atoms with Gasteiger partial charge in [0.2, 0.25) is 0 Å². The van der Waals surface area contributed by atoms with Crippen LogP contribution in [0.2, 0.25) is 0 Å². The van der Waals surface area contributed by atoms with E-state index in [0.717, 1.165) is 25.0 Å². The number of hydrogen-bond acceptors (Lipinski definition) is 3. The van der Waals surface area contributed by atoms with Gasteiger partial charge >= 0.3 is 0 Å². The first-order chi connectivity index (χ1) is 8.33. The van der Waals surface area contributed by atoms with Gasteiger partial charge in [-0.05, 0) is 25.0 Å². The molecule has 0 N–H and O–H groups in total. The average molecular weight is 245 g/mol. The van der Waals surface area contributed by atoms with Gasteiger partial charge < -0.3 is 4.74 Å². The lowest BCUT2D eigenvalue weighted by molar-refractivity contribution is 0.254. The van der Waals surface area contributed by atoms with E-state index < -0.39 is 0 Å². The molecule has 1 aromatic carbocycles. The molecule has 0 saturated heterocycles. The summed E-state index contributed by atoms with van der Waals surface area (Å²) in [4.78, 5) is 2.50. The Morgan fingerprint density at radius 2 is 2.12 bits per heavy atom. The van der Waals surface area contributed by atoms with Crippen LogP contribution in [-0.4, -0.2) is 7.11 Å². The molecular formula is C14H15NOS. The summed E-state index contributed by atoms with van der Waals surface area (Å²) in [5, 5.41) is 8.95. The molecule has 88 valence electrons. The Hall–Kier alpha value is -1.40. The molecule has 0 aliphatic heterocycles. The van der Waals surface area contributed by atoms with Crippen molar-refractivity contribution in [2.45, 2.75) is 24.2 Å². The fraction of sp³-hybridized carbons (Fsp3) is 0.357. The quantitative estimate of drug-likeness (QED) is 0.808. The number of benzene rings is 1. The number of rotatable bonds is 3. The molecule has 1 atom stereocenters. The Morgan fingerprint density at radius 1 is 1.35 bits per heavy atom. The Morgan fingerprint density at radius 3 is 2.76 bits per heavy atom. The van der Waals surface area contributed by atoms with Crippen molar-refractivity contribution < 1.29 is 4.74 Å². The predicted molar refractivity (Wildman–Crippen MR) is 69.3 cm³/mol. The predicted octanol–water partition coefficient (Wildman–Crippen LogP) is 3.96. The summed E-state index contributed by atoms with van der Waals surface area (Å²) >= 11 is 1.75. The van der Waals surface area contributed by atoms with Crippen molar-refractivity contribution in [3.05, 3.63) is 41.0 Å². The number of ether oxygens (including phenoxy) is 1. The lowest BCUT2D eigenvalue weighted by Gasteiger charge is -2.21. The molecule has 0 fully saturated rings. The van der Waals surface area contributed by atoms with Crippen LogP contribution in [-0.2, 0) is 4.74 Å². The van der Waals surface area contributed by atoms with Crippen LogP contribution in [0.15, 0.2) is 45.9 Å². The van der Waals surface area contributed by atoms with Gasteiger partial charge in [0, 0.05) is 16.2 Å². The summed E-state index contributed by atoms with van der Waals surface area (Å²) < 4.78 is 5.42. The normalized spacial score (nSPS) is 19.9. The summed E-state index contributed by atoms with van der Waals surface area (Å²) in [5.41, 5.74) is 0. The van der Waals surface area contributed by atoms with Crippen molar-refractivity contribution in [3.63, 3.8) is 0 Å². The molecule has 1 aromatic rings. The zero-order valence-corrected chi connectivity index (χ0v) is 10.7. The highest BCUT2D eigenvalue weighted by Gasteiger charge is 2.22. The second-order valence-corrected chi connectivity index (χ2v) is 5.20. The van der Waals surface area contributed by atoms with E-state index >= 15 is 0 Å². The zero-order chi connectivity index (χ0) is 12.1. The van der Waals surface area contributed by atoms with Crippen LogP contribution in [0.3, 0.4) is 0 Å². The van der Waals surface area contributed by atoms with Crippen LogP contribution in [0.1, 0.15) is 19.3 Å². The lowest BCUT2D eigenvalue weighted by atomic mass is 9.94. The summed E-state index contributed by atoms with van der Waals surface area (Å²) in [5.74, 6) is 1.10. The fourth-order valence-corrected chi connectivity index (χ4v) is 3.01. The van der Waals surface area contributed by atoms with Gasteiger partial charge in [0.1, 0.15) is 5.76 Å². The fourth-order valence-electron chi connectivity index (χ4n) is 1.93. The van der Waals surface area contributed by atoms with Gasteiger partial charge in [-0.15, -0.1) is 0 Å². The third-order valence-electron chi connectivity index (χ3n) is 2.88. The lowest BCUT2D eigenvalue weighted by Crippen LogP contribution is -2.08. The first-order valence-corrected chi connectivity index (χ1v) is 6.53. The van der Waals surface area contributed by atoms with E-state index in [0.29, 0.717) is 0 Å². The Labute approximate surface area is 106 Å². The number of allylic oxidation sites excluding steroid dienone is 2. The van der Waals surface area contributed by atoms with Crippen molar-refractivity contribution in [3.8, 4) is 6.07 Å². The van der Waals surface area contributed by atoms with Gasteiger partial charge in [0.25, 0.3) is 0 Å². The molecule has 0 bridgehead atoms. The van der Waals surface area contributed by atoms with Crippen molar-refractivity contribution >= 4 is 11.8 Å². The van der Waals surface area contributed by atoms with E-state index in [1.165, 1.54) is 9.80 Å². The largest absolute Gasteiger partial charge is 0.500 e. The number of hydrogen-bond donors (Lipinski definition) is 0. The van der Waals surface area contributed by atoms with Crippen LogP contribution in [0.4, 0.5) is 0 Å². The van der Waals surface area contributed by atoms with Gasteiger partial charge in [-0.1, -0.05) is 30.0 Å². The molecule has 1 aliphatic carbocycles. The molecule has 1 aliphatic rings. The number of thioether (sulfide) groups is 1.